The van der Waals surface area contributed by atoms with Crippen LogP contribution in [0.3, 0.4) is 0 Å². The van der Waals surface area contributed by atoms with Crippen molar-refractivity contribution in [3.8, 4) is 0 Å². The third-order valence-electron chi connectivity index (χ3n) is 3.88. The van der Waals surface area contributed by atoms with Crippen molar-refractivity contribution in [2.24, 2.45) is 0 Å². The Balaban J connectivity index is 2.32. The van der Waals surface area contributed by atoms with Crippen LogP contribution in [0.15, 0.2) is 18.7 Å². The predicted octanol–water partition coefficient (Wildman–Crippen LogP) is 4.39. The van der Waals surface area contributed by atoms with Gasteiger partial charge >= 0.3 is 0 Å². The van der Waals surface area contributed by atoms with Crippen LogP contribution in [0.1, 0.15) is 72.1 Å². The van der Waals surface area contributed by atoms with Crippen LogP contribution in [-0.4, -0.2) is 21.6 Å². The van der Waals surface area contributed by atoms with Crippen LogP contribution >= 0.6 is 0 Å². The summed E-state index contributed by atoms with van der Waals surface area (Å²) < 4.78 is 2.16. The topological polar surface area (TPSA) is 29.9 Å². The smallest absolute Gasteiger partial charge is 0.0946 e. The van der Waals surface area contributed by atoms with Crippen molar-refractivity contribution in [1.82, 2.24) is 14.9 Å². The highest BCUT2D eigenvalue weighted by Gasteiger charge is 2.12. The second kappa shape index (κ2) is 10.9. The molecule has 1 atom stereocenters. The molecule has 0 saturated heterocycles. The molecule has 0 bridgehead atoms. The zero-order valence-electron chi connectivity index (χ0n) is 13.6. The number of unbranched alkanes of at least 4 members (excludes halogenated alkanes) is 4. The minimum absolute atomic E-state index is 0.512. The van der Waals surface area contributed by atoms with Crippen LogP contribution in [0.2, 0.25) is 0 Å². The van der Waals surface area contributed by atoms with E-state index < -0.39 is 0 Å². The fraction of sp³-hybridized carbons (Fsp3) is 0.824. The van der Waals surface area contributed by atoms with Crippen molar-refractivity contribution >= 4 is 0 Å². The van der Waals surface area contributed by atoms with Gasteiger partial charge in [0.2, 0.25) is 0 Å². The molecule has 0 aliphatic rings. The van der Waals surface area contributed by atoms with E-state index in [0.717, 1.165) is 6.54 Å². The molecule has 0 aliphatic heterocycles. The van der Waals surface area contributed by atoms with E-state index in [1.54, 1.807) is 0 Å². The molecular formula is C17H33N3. The molecular weight excluding hydrogens is 246 g/mol. The van der Waals surface area contributed by atoms with Crippen LogP contribution in [0.4, 0.5) is 0 Å². The molecule has 0 fully saturated rings. The van der Waals surface area contributed by atoms with E-state index in [2.05, 4.69) is 35.6 Å². The fourth-order valence-corrected chi connectivity index (χ4v) is 2.76. The van der Waals surface area contributed by atoms with E-state index in [4.69, 9.17) is 0 Å². The minimum atomic E-state index is 0.512. The molecule has 1 unspecified atom stereocenters. The Morgan fingerprint density at radius 3 is 2.20 bits per heavy atom. The molecule has 3 nitrogen and oxygen atoms in total. The summed E-state index contributed by atoms with van der Waals surface area (Å²) >= 11 is 0. The average molecular weight is 279 g/mol. The lowest BCUT2D eigenvalue weighted by atomic mass is 10.0. The predicted molar refractivity (Wildman–Crippen MR) is 86.9 cm³/mol. The second-order valence-electron chi connectivity index (χ2n) is 6.02. The van der Waals surface area contributed by atoms with E-state index in [9.17, 15) is 0 Å². The van der Waals surface area contributed by atoms with Crippen molar-refractivity contribution in [3.63, 3.8) is 0 Å². The molecule has 1 heterocycles. The highest BCUT2D eigenvalue weighted by Crippen LogP contribution is 2.12. The Hall–Kier alpha value is -0.830. The Labute approximate surface area is 125 Å². The zero-order valence-corrected chi connectivity index (χ0v) is 13.6. The molecule has 0 radical (unpaired) electrons. The highest BCUT2D eigenvalue weighted by molar-refractivity contribution is 4.78. The summed E-state index contributed by atoms with van der Waals surface area (Å²) in [7, 11) is 0. The first kappa shape index (κ1) is 17.2. The lowest BCUT2D eigenvalue weighted by Gasteiger charge is -2.24. The number of rotatable bonds is 12. The van der Waals surface area contributed by atoms with Gasteiger partial charge in [0.25, 0.3) is 0 Å². The van der Waals surface area contributed by atoms with Crippen LogP contribution in [-0.2, 0) is 6.54 Å². The summed E-state index contributed by atoms with van der Waals surface area (Å²) in [6, 6.07) is 1.20. The number of aromatic nitrogens is 2. The van der Waals surface area contributed by atoms with E-state index in [0.29, 0.717) is 12.1 Å². The Bertz CT molecular complexity index is 298. The first-order chi connectivity index (χ1) is 9.76. The summed E-state index contributed by atoms with van der Waals surface area (Å²) in [5.41, 5.74) is 0. The van der Waals surface area contributed by atoms with Crippen molar-refractivity contribution in [3.05, 3.63) is 18.7 Å². The molecule has 0 amide bonds. The average Bonchev–Trinajstić information content (AvgIpc) is 2.91. The molecule has 1 aromatic rings. The molecule has 0 saturated carbocycles. The fourth-order valence-electron chi connectivity index (χ4n) is 2.76. The van der Waals surface area contributed by atoms with Gasteiger partial charge in [-0.2, -0.15) is 0 Å². The summed E-state index contributed by atoms with van der Waals surface area (Å²) in [5, 5.41) is 3.82. The molecule has 0 spiro atoms. The van der Waals surface area contributed by atoms with Crippen LogP contribution < -0.4 is 5.32 Å². The SMILES string of the molecule is CCCCCC(CCCCC)NC(C)Cn1ccnc1. The molecule has 116 valence electrons. The minimum Gasteiger partial charge on any atom is -0.336 e. The van der Waals surface area contributed by atoms with Gasteiger partial charge in [-0.05, 0) is 19.8 Å². The molecule has 0 aromatic carbocycles. The van der Waals surface area contributed by atoms with E-state index in [-0.39, 0.29) is 0 Å². The Kier molecular flexibility index (Phi) is 9.38. The number of imidazole rings is 1. The maximum Gasteiger partial charge on any atom is 0.0946 e. The Morgan fingerprint density at radius 2 is 1.70 bits per heavy atom. The van der Waals surface area contributed by atoms with Gasteiger partial charge in [0.15, 0.2) is 0 Å². The summed E-state index contributed by atoms with van der Waals surface area (Å²) in [4.78, 5) is 4.11. The number of nitrogens with one attached hydrogen (secondary N) is 1. The monoisotopic (exact) mass is 279 g/mol. The lowest BCUT2D eigenvalue weighted by molar-refractivity contribution is 0.358. The third kappa shape index (κ3) is 7.68. The van der Waals surface area contributed by atoms with Gasteiger partial charge in [-0.25, -0.2) is 4.98 Å². The zero-order chi connectivity index (χ0) is 14.6. The van der Waals surface area contributed by atoms with Gasteiger partial charge in [0.1, 0.15) is 0 Å². The summed E-state index contributed by atoms with van der Waals surface area (Å²) in [6.07, 6.45) is 16.5. The van der Waals surface area contributed by atoms with Crippen LogP contribution in [0.5, 0.6) is 0 Å². The first-order valence-electron chi connectivity index (χ1n) is 8.48. The summed E-state index contributed by atoms with van der Waals surface area (Å²) in [6.45, 7) is 7.85. The van der Waals surface area contributed by atoms with Crippen molar-refractivity contribution in [2.75, 3.05) is 0 Å². The van der Waals surface area contributed by atoms with E-state index in [1.807, 2.05) is 18.7 Å². The van der Waals surface area contributed by atoms with Gasteiger partial charge < -0.3 is 9.88 Å². The largest absolute Gasteiger partial charge is 0.336 e. The molecule has 0 aliphatic carbocycles. The van der Waals surface area contributed by atoms with E-state index >= 15 is 0 Å². The highest BCUT2D eigenvalue weighted by atomic mass is 15.1. The Morgan fingerprint density at radius 1 is 1.05 bits per heavy atom. The van der Waals surface area contributed by atoms with Crippen molar-refractivity contribution in [2.45, 2.75) is 90.8 Å². The first-order valence-corrected chi connectivity index (χ1v) is 8.48. The van der Waals surface area contributed by atoms with Gasteiger partial charge in [0, 0.05) is 31.0 Å². The second-order valence-corrected chi connectivity index (χ2v) is 6.02. The van der Waals surface area contributed by atoms with Gasteiger partial charge in [0.05, 0.1) is 6.33 Å². The number of hydrogen-bond acceptors (Lipinski definition) is 2. The number of hydrogen-bond donors (Lipinski definition) is 1. The molecule has 3 heteroatoms. The van der Waals surface area contributed by atoms with E-state index in [1.165, 1.54) is 51.4 Å². The third-order valence-corrected chi connectivity index (χ3v) is 3.88. The normalized spacial score (nSPS) is 13.0. The van der Waals surface area contributed by atoms with Crippen molar-refractivity contribution in [1.29, 1.82) is 0 Å². The lowest BCUT2D eigenvalue weighted by Crippen LogP contribution is -2.38. The maximum absolute atomic E-state index is 4.11. The summed E-state index contributed by atoms with van der Waals surface area (Å²) in [5.74, 6) is 0. The molecule has 20 heavy (non-hydrogen) atoms. The molecule has 1 aromatic heterocycles. The van der Waals surface area contributed by atoms with Gasteiger partial charge in [-0.3, -0.25) is 0 Å². The van der Waals surface area contributed by atoms with Crippen LogP contribution in [0.25, 0.3) is 0 Å². The van der Waals surface area contributed by atoms with Gasteiger partial charge in [-0.15, -0.1) is 0 Å². The van der Waals surface area contributed by atoms with Crippen molar-refractivity contribution < 1.29 is 0 Å². The standard InChI is InChI=1S/C17H33N3/c1-4-6-8-10-17(11-9-7-5-2)19-16(3)14-20-13-12-18-15-20/h12-13,15-17,19H,4-11,14H2,1-3H3. The maximum atomic E-state index is 4.11. The molecule has 1 rings (SSSR count). The molecule has 1 N–H and O–H groups in total. The number of nitrogens with zero attached hydrogens (tertiary/aromatic N) is 2. The van der Waals surface area contributed by atoms with Crippen LogP contribution in [0, 0.1) is 0 Å². The van der Waals surface area contributed by atoms with Gasteiger partial charge in [-0.1, -0.05) is 52.4 Å². The quantitative estimate of drug-likeness (QED) is 0.575.